The molecule has 0 aliphatic carbocycles. The van der Waals surface area contributed by atoms with Crippen LogP contribution in [-0.4, -0.2) is 36.0 Å². The number of hydrogen-bond acceptors (Lipinski definition) is 2. The molecule has 19 heavy (non-hydrogen) atoms. The summed E-state index contributed by atoms with van der Waals surface area (Å²) in [4.78, 5) is 14.3. The predicted molar refractivity (Wildman–Crippen MR) is 81.2 cm³/mol. The molecule has 1 saturated heterocycles. The van der Waals surface area contributed by atoms with Crippen molar-refractivity contribution in [2.24, 2.45) is 5.41 Å². The minimum absolute atomic E-state index is 0.0280. The summed E-state index contributed by atoms with van der Waals surface area (Å²) in [5.41, 5.74) is 0.405. The molecule has 1 atom stereocenters. The molecule has 1 amide bonds. The Morgan fingerprint density at radius 1 is 1.21 bits per heavy atom. The highest BCUT2D eigenvalue weighted by Crippen LogP contribution is 2.22. The number of carbonyl (C=O) groups is 1. The summed E-state index contributed by atoms with van der Waals surface area (Å²) in [5.74, 6) is 0.315. The summed E-state index contributed by atoms with van der Waals surface area (Å²) in [6.45, 7) is 13.0. The third-order valence-electron chi connectivity index (χ3n) is 3.67. The van der Waals surface area contributed by atoms with Gasteiger partial charge in [-0.2, -0.15) is 0 Å². The lowest BCUT2D eigenvalue weighted by Crippen LogP contribution is -2.53. The molecule has 0 bridgehead atoms. The third-order valence-corrected chi connectivity index (χ3v) is 3.67. The van der Waals surface area contributed by atoms with Gasteiger partial charge in [0.2, 0.25) is 5.91 Å². The van der Waals surface area contributed by atoms with Gasteiger partial charge in [-0.1, -0.05) is 47.5 Å². The van der Waals surface area contributed by atoms with Crippen molar-refractivity contribution in [1.29, 1.82) is 0 Å². The molecule has 1 N–H and O–H groups in total. The highest BCUT2D eigenvalue weighted by molar-refractivity contribution is 5.82. The molecule has 1 heterocycles. The van der Waals surface area contributed by atoms with Gasteiger partial charge in [0.15, 0.2) is 0 Å². The van der Waals surface area contributed by atoms with Crippen molar-refractivity contribution in [2.45, 2.75) is 78.8 Å². The molecular weight excluding hydrogens is 236 g/mol. The van der Waals surface area contributed by atoms with Gasteiger partial charge in [-0.25, -0.2) is 0 Å². The zero-order valence-electron chi connectivity index (χ0n) is 13.5. The van der Waals surface area contributed by atoms with Gasteiger partial charge in [-0.05, 0) is 24.7 Å². The maximum atomic E-state index is 12.3. The van der Waals surface area contributed by atoms with Gasteiger partial charge in [0.25, 0.3) is 0 Å². The Kier molecular flexibility index (Phi) is 6.31. The Labute approximate surface area is 119 Å². The van der Waals surface area contributed by atoms with Crippen molar-refractivity contribution in [3.8, 4) is 0 Å². The lowest BCUT2D eigenvalue weighted by atomic mass is 9.89. The van der Waals surface area contributed by atoms with E-state index in [2.05, 4.69) is 39.9 Å². The Balaban J connectivity index is 2.34. The van der Waals surface area contributed by atoms with Crippen molar-refractivity contribution in [1.82, 2.24) is 10.2 Å². The molecule has 3 heteroatoms. The molecule has 1 fully saturated rings. The highest BCUT2D eigenvalue weighted by atomic mass is 16.2. The van der Waals surface area contributed by atoms with Gasteiger partial charge >= 0.3 is 0 Å². The van der Waals surface area contributed by atoms with Gasteiger partial charge < -0.3 is 10.2 Å². The van der Waals surface area contributed by atoms with Gasteiger partial charge in [0.05, 0.1) is 6.04 Å². The summed E-state index contributed by atoms with van der Waals surface area (Å²) in [7, 11) is 0. The van der Waals surface area contributed by atoms with Crippen molar-refractivity contribution in [3.63, 3.8) is 0 Å². The molecule has 0 aromatic heterocycles. The van der Waals surface area contributed by atoms with Crippen molar-refractivity contribution >= 4 is 5.91 Å². The smallest absolute Gasteiger partial charge is 0.239 e. The standard InChI is InChI=1S/C16H32N2O/c1-13(2)17-14(15(19)18-11-8-12-18)9-6-7-10-16(3,4)5/h13-14,17H,6-12H2,1-5H3. The minimum atomic E-state index is 0.0280. The van der Waals surface area contributed by atoms with E-state index in [1.165, 1.54) is 19.3 Å². The molecule has 0 saturated carbocycles. The molecule has 0 radical (unpaired) electrons. The quantitative estimate of drug-likeness (QED) is 0.719. The topological polar surface area (TPSA) is 32.3 Å². The van der Waals surface area contributed by atoms with Crippen LogP contribution in [0.25, 0.3) is 0 Å². The second-order valence-corrected chi connectivity index (χ2v) is 7.36. The second-order valence-electron chi connectivity index (χ2n) is 7.36. The molecular formula is C16H32N2O. The van der Waals surface area contributed by atoms with E-state index in [0.29, 0.717) is 17.4 Å². The normalized spacial score (nSPS) is 17.5. The van der Waals surface area contributed by atoms with Crippen LogP contribution in [0.3, 0.4) is 0 Å². The van der Waals surface area contributed by atoms with Crippen LogP contribution in [-0.2, 0) is 4.79 Å². The van der Waals surface area contributed by atoms with Gasteiger partial charge in [-0.3, -0.25) is 4.79 Å². The molecule has 1 aliphatic heterocycles. The Morgan fingerprint density at radius 3 is 2.26 bits per heavy atom. The summed E-state index contributed by atoms with van der Waals surface area (Å²) in [6.07, 6.45) is 5.74. The maximum absolute atomic E-state index is 12.3. The number of unbranched alkanes of at least 4 members (excludes halogenated alkanes) is 1. The first-order valence-corrected chi connectivity index (χ1v) is 7.84. The summed E-state index contributed by atoms with van der Waals surface area (Å²) < 4.78 is 0. The third kappa shape index (κ3) is 6.42. The first kappa shape index (κ1) is 16.5. The fourth-order valence-corrected chi connectivity index (χ4v) is 2.44. The number of nitrogens with one attached hydrogen (secondary N) is 1. The van der Waals surface area contributed by atoms with E-state index in [1.54, 1.807) is 0 Å². The van der Waals surface area contributed by atoms with Crippen molar-refractivity contribution in [3.05, 3.63) is 0 Å². The molecule has 0 aromatic carbocycles. The Morgan fingerprint density at radius 2 is 1.84 bits per heavy atom. The number of hydrogen-bond donors (Lipinski definition) is 1. The second kappa shape index (κ2) is 7.28. The fraction of sp³-hybridized carbons (Fsp3) is 0.938. The van der Waals surface area contributed by atoms with Crippen molar-refractivity contribution < 1.29 is 4.79 Å². The Hall–Kier alpha value is -0.570. The summed E-state index contributed by atoms with van der Waals surface area (Å²) in [5, 5.41) is 3.44. The van der Waals surface area contributed by atoms with E-state index in [9.17, 15) is 4.79 Å². The number of nitrogens with zero attached hydrogens (tertiary/aromatic N) is 1. The SMILES string of the molecule is CC(C)NC(CCCCC(C)(C)C)C(=O)N1CCC1. The van der Waals surface area contributed by atoms with Crippen LogP contribution >= 0.6 is 0 Å². The van der Waals surface area contributed by atoms with E-state index < -0.39 is 0 Å². The molecule has 3 nitrogen and oxygen atoms in total. The van der Waals surface area contributed by atoms with Crippen LogP contribution in [0.4, 0.5) is 0 Å². The maximum Gasteiger partial charge on any atom is 0.239 e. The minimum Gasteiger partial charge on any atom is -0.341 e. The van der Waals surface area contributed by atoms with E-state index in [0.717, 1.165) is 25.9 Å². The van der Waals surface area contributed by atoms with Gasteiger partial charge in [-0.15, -0.1) is 0 Å². The van der Waals surface area contributed by atoms with Gasteiger partial charge in [0.1, 0.15) is 0 Å². The van der Waals surface area contributed by atoms with Crippen LogP contribution in [0.15, 0.2) is 0 Å². The first-order chi connectivity index (χ1) is 8.79. The van der Waals surface area contributed by atoms with Crippen LogP contribution in [0.2, 0.25) is 0 Å². The van der Waals surface area contributed by atoms with E-state index in [1.807, 2.05) is 4.90 Å². The van der Waals surface area contributed by atoms with Crippen LogP contribution in [0.5, 0.6) is 0 Å². The summed E-state index contributed by atoms with van der Waals surface area (Å²) in [6, 6.07) is 0.401. The van der Waals surface area contributed by atoms with Crippen LogP contribution < -0.4 is 5.32 Å². The fourth-order valence-electron chi connectivity index (χ4n) is 2.44. The number of carbonyl (C=O) groups excluding carboxylic acids is 1. The van der Waals surface area contributed by atoms with E-state index >= 15 is 0 Å². The van der Waals surface area contributed by atoms with Crippen LogP contribution in [0, 0.1) is 5.41 Å². The molecule has 1 unspecified atom stereocenters. The number of likely N-dealkylation sites (tertiary alicyclic amines) is 1. The monoisotopic (exact) mass is 268 g/mol. The predicted octanol–water partition coefficient (Wildman–Crippen LogP) is 3.19. The molecule has 1 aliphatic rings. The first-order valence-electron chi connectivity index (χ1n) is 7.84. The van der Waals surface area contributed by atoms with Crippen molar-refractivity contribution in [2.75, 3.05) is 13.1 Å². The average Bonchev–Trinajstić information content (AvgIpc) is 2.17. The molecule has 0 spiro atoms. The summed E-state index contributed by atoms with van der Waals surface area (Å²) >= 11 is 0. The average molecular weight is 268 g/mol. The van der Waals surface area contributed by atoms with E-state index in [-0.39, 0.29) is 6.04 Å². The largest absolute Gasteiger partial charge is 0.341 e. The van der Waals surface area contributed by atoms with E-state index in [4.69, 9.17) is 0 Å². The molecule has 0 aromatic rings. The lowest BCUT2D eigenvalue weighted by Gasteiger charge is -2.35. The molecule has 1 rings (SSSR count). The zero-order valence-corrected chi connectivity index (χ0v) is 13.5. The van der Waals surface area contributed by atoms with Crippen LogP contribution in [0.1, 0.15) is 66.7 Å². The lowest BCUT2D eigenvalue weighted by molar-refractivity contribution is -0.137. The molecule has 112 valence electrons. The number of rotatable bonds is 7. The Bertz CT molecular complexity index is 277. The zero-order chi connectivity index (χ0) is 14.5. The highest BCUT2D eigenvalue weighted by Gasteiger charge is 2.27. The number of amides is 1. The van der Waals surface area contributed by atoms with Gasteiger partial charge in [0, 0.05) is 19.1 Å².